The Morgan fingerprint density at radius 3 is 2.36 bits per heavy atom. The van der Waals surface area contributed by atoms with Gasteiger partial charge in [-0.1, -0.05) is 12.8 Å². The molecule has 8 nitrogen and oxygen atoms in total. The number of aromatic nitrogens is 2. The maximum Gasteiger partial charge on any atom is 0.225 e. The van der Waals surface area contributed by atoms with Crippen molar-refractivity contribution in [3.05, 3.63) is 6.20 Å². The van der Waals surface area contributed by atoms with Crippen molar-refractivity contribution < 1.29 is 13.2 Å². The Hall–Kier alpha value is -1.61. The molecule has 2 N–H and O–H groups in total. The summed E-state index contributed by atoms with van der Waals surface area (Å²) in [5.74, 6) is 1.92. The van der Waals surface area contributed by atoms with Crippen molar-refractivity contribution >= 4 is 21.8 Å². The van der Waals surface area contributed by atoms with Gasteiger partial charge in [0, 0.05) is 25.2 Å². The van der Waals surface area contributed by atoms with Gasteiger partial charge in [0.2, 0.25) is 16.0 Å². The van der Waals surface area contributed by atoms with Gasteiger partial charge in [-0.25, -0.2) is 17.7 Å². The first-order valence-corrected chi connectivity index (χ1v) is 10.7. The summed E-state index contributed by atoms with van der Waals surface area (Å²) in [5.41, 5.74) is 0. The molecule has 25 heavy (non-hydrogen) atoms. The number of nitrogens with zero attached hydrogens (tertiary/aromatic N) is 3. The van der Waals surface area contributed by atoms with Crippen molar-refractivity contribution in [2.45, 2.75) is 50.6 Å². The molecule has 1 aliphatic carbocycles. The van der Waals surface area contributed by atoms with Crippen LogP contribution in [0.1, 0.15) is 38.5 Å². The van der Waals surface area contributed by atoms with E-state index in [1.165, 1.54) is 23.4 Å². The number of anilines is 2. The quantitative estimate of drug-likeness (QED) is 0.787. The van der Waals surface area contributed by atoms with Crippen LogP contribution in [0, 0.1) is 0 Å². The fourth-order valence-corrected chi connectivity index (χ4v) is 4.35. The van der Waals surface area contributed by atoms with E-state index in [0.29, 0.717) is 30.8 Å². The molecule has 0 radical (unpaired) electrons. The van der Waals surface area contributed by atoms with E-state index < -0.39 is 10.0 Å². The fraction of sp³-hybridized carbons (Fsp3) is 0.750. The molecule has 2 heterocycles. The van der Waals surface area contributed by atoms with E-state index in [0.717, 1.165) is 31.5 Å². The van der Waals surface area contributed by atoms with E-state index >= 15 is 0 Å². The first kappa shape index (κ1) is 18.2. The summed E-state index contributed by atoms with van der Waals surface area (Å²) < 4.78 is 30.1. The molecule has 1 saturated carbocycles. The first-order chi connectivity index (χ1) is 12.0. The van der Waals surface area contributed by atoms with Crippen LogP contribution in [0.2, 0.25) is 0 Å². The van der Waals surface area contributed by atoms with Crippen molar-refractivity contribution in [1.82, 2.24) is 14.3 Å². The fourth-order valence-electron chi connectivity index (χ4n) is 3.47. The molecule has 1 aromatic heterocycles. The number of methoxy groups -OCH3 is 1. The van der Waals surface area contributed by atoms with Crippen molar-refractivity contribution in [1.29, 1.82) is 0 Å². The Kier molecular flexibility index (Phi) is 5.63. The number of ether oxygens (including phenoxy) is 1. The van der Waals surface area contributed by atoms with E-state index in [2.05, 4.69) is 20.6 Å². The van der Waals surface area contributed by atoms with Gasteiger partial charge in [0.15, 0.2) is 11.6 Å². The lowest BCUT2D eigenvalue weighted by Gasteiger charge is -2.30. The van der Waals surface area contributed by atoms with E-state index in [1.54, 1.807) is 13.3 Å². The summed E-state index contributed by atoms with van der Waals surface area (Å²) in [6, 6.07) is 0.611. The van der Waals surface area contributed by atoms with Crippen LogP contribution in [-0.4, -0.2) is 61.2 Å². The Morgan fingerprint density at radius 1 is 1.12 bits per heavy atom. The molecule has 140 valence electrons. The van der Waals surface area contributed by atoms with Gasteiger partial charge >= 0.3 is 0 Å². The highest BCUT2D eigenvalue weighted by Crippen LogP contribution is 2.28. The summed E-state index contributed by atoms with van der Waals surface area (Å²) in [6.07, 6.45) is 9.22. The Morgan fingerprint density at radius 2 is 1.76 bits per heavy atom. The van der Waals surface area contributed by atoms with Crippen LogP contribution in [0.15, 0.2) is 6.20 Å². The molecule has 2 fully saturated rings. The van der Waals surface area contributed by atoms with Gasteiger partial charge in [-0.05, 0) is 25.7 Å². The molecule has 0 unspecified atom stereocenters. The minimum Gasteiger partial charge on any atom is -0.491 e. The number of sulfonamides is 1. The van der Waals surface area contributed by atoms with E-state index in [9.17, 15) is 8.42 Å². The summed E-state index contributed by atoms with van der Waals surface area (Å²) in [7, 11) is -1.49. The normalized spacial score (nSPS) is 20.6. The third-order valence-electron chi connectivity index (χ3n) is 4.93. The van der Waals surface area contributed by atoms with Crippen molar-refractivity contribution in [3.8, 4) is 5.75 Å². The summed E-state index contributed by atoms with van der Waals surface area (Å²) in [6.45, 7) is 1.06. The Labute approximate surface area is 149 Å². The molecule has 1 saturated heterocycles. The van der Waals surface area contributed by atoms with Crippen LogP contribution in [0.4, 0.5) is 11.8 Å². The lowest BCUT2D eigenvalue weighted by Crippen LogP contribution is -2.42. The zero-order valence-corrected chi connectivity index (χ0v) is 15.7. The second-order valence-electron chi connectivity index (χ2n) is 6.82. The van der Waals surface area contributed by atoms with Crippen LogP contribution in [0.5, 0.6) is 5.75 Å². The van der Waals surface area contributed by atoms with Crippen LogP contribution in [-0.2, 0) is 10.0 Å². The standard InChI is InChI=1S/C16H27N5O3S/c1-24-14-11-17-16(20-15(14)18-12-5-3-4-6-12)19-13-7-9-21(10-8-13)25(2,22)23/h11-13H,3-10H2,1-2H3,(H2,17,18,19,20). The molecule has 2 aliphatic rings. The number of nitrogens with one attached hydrogen (secondary N) is 2. The highest BCUT2D eigenvalue weighted by atomic mass is 32.2. The molecule has 0 atom stereocenters. The second kappa shape index (κ2) is 7.74. The summed E-state index contributed by atoms with van der Waals surface area (Å²) in [5, 5.41) is 6.79. The molecule has 3 rings (SSSR count). The molecule has 0 amide bonds. The Bertz CT molecular complexity index is 683. The van der Waals surface area contributed by atoms with Gasteiger partial charge in [0.1, 0.15) is 0 Å². The second-order valence-corrected chi connectivity index (χ2v) is 8.80. The zero-order valence-electron chi connectivity index (χ0n) is 14.9. The number of piperidine rings is 1. The zero-order chi connectivity index (χ0) is 17.9. The highest BCUT2D eigenvalue weighted by Gasteiger charge is 2.25. The average Bonchev–Trinajstić information content (AvgIpc) is 3.08. The van der Waals surface area contributed by atoms with Crippen molar-refractivity contribution in [3.63, 3.8) is 0 Å². The number of hydrogen-bond donors (Lipinski definition) is 2. The SMILES string of the molecule is COc1cnc(NC2CCN(S(C)(=O)=O)CC2)nc1NC1CCCC1. The van der Waals surface area contributed by atoms with Gasteiger partial charge in [-0.15, -0.1) is 0 Å². The highest BCUT2D eigenvalue weighted by molar-refractivity contribution is 7.88. The van der Waals surface area contributed by atoms with E-state index in [1.807, 2.05) is 0 Å². The molecule has 0 bridgehead atoms. The van der Waals surface area contributed by atoms with Gasteiger partial charge in [-0.3, -0.25) is 0 Å². The number of hydrogen-bond acceptors (Lipinski definition) is 7. The molecular formula is C16H27N5O3S. The van der Waals surface area contributed by atoms with Gasteiger partial charge in [0.25, 0.3) is 0 Å². The van der Waals surface area contributed by atoms with Crippen LogP contribution in [0.3, 0.4) is 0 Å². The summed E-state index contributed by atoms with van der Waals surface area (Å²) in [4.78, 5) is 8.91. The van der Waals surface area contributed by atoms with Crippen LogP contribution >= 0.6 is 0 Å². The number of rotatable bonds is 6. The van der Waals surface area contributed by atoms with Crippen molar-refractivity contribution in [2.75, 3.05) is 37.1 Å². The first-order valence-electron chi connectivity index (χ1n) is 8.85. The average molecular weight is 369 g/mol. The minimum atomic E-state index is -3.10. The predicted octanol–water partition coefficient (Wildman–Crippen LogP) is 1.68. The lowest BCUT2D eigenvalue weighted by atomic mass is 10.1. The molecule has 0 spiro atoms. The topological polar surface area (TPSA) is 96.5 Å². The largest absolute Gasteiger partial charge is 0.491 e. The maximum atomic E-state index is 11.6. The summed E-state index contributed by atoms with van der Waals surface area (Å²) >= 11 is 0. The third kappa shape index (κ3) is 4.72. The Balaban J connectivity index is 1.62. The third-order valence-corrected chi connectivity index (χ3v) is 6.23. The minimum absolute atomic E-state index is 0.172. The molecule has 9 heteroatoms. The molecule has 1 aliphatic heterocycles. The van der Waals surface area contributed by atoms with Crippen LogP contribution in [0.25, 0.3) is 0 Å². The van der Waals surface area contributed by atoms with E-state index in [-0.39, 0.29) is 6.04 Å². The predicted molar refractivity (Wildman–Crippen MR) is 97.5 cm³/mol. The van der Waals surface area contributed by atoms with Gasteiger partial charge in [0.05, 0.1) is 19.6 Å². The maximum absolute atomic E-state index is 11.6. The van der Waals surface area contributed by atoms with Crippen LogP contribution < -0.4 is 15.4 Å². The molecule has 0 aromatic carbocycles. The van der Waals surface area contributed by atoms with Gasteiger partial charge < -0.3 is 15.4 Å². The van der Waals surface area contributed by atoms with E-state index in [4.69, 9.17) is 4.74 Å². The molecular weight excluding hydrogens is 342 g/mol. The molecule has 1 aromatic rings. The monoisotopic (exact) mass is 369 g/mol. The lowest BCUT2D eigenvalue weighted by molar-refractivity contribution is 0.331. The smallest absolute Gasteiger partial charge is 0.225 e. The van der Waals surface area contributed by atoms with Gasteiger partial charge in [-0.2, -0.15) is 4.98 Å². The van der Waals surface area contributed by atoms with Crippen molar-refractivity contribution in [2.24, 2.45) is 0 Å².